The van der Waals surface area contributed by atoms with Gasteiger partial charge in [0.05, 0.1) is 19.3 Å². The van der Waals surface area contributed by atoms with Crippen molar-refractivity contribution in [2.75, 3.05) is 57.3 Å². The molecular formula is C25H36N6O. The summed E-state index contributed by atoms with van der Waals surface area (Å²) in [5.41, 5.74) is 2.51. The average molecular weight is 437 g/mol. The quantitative estimate of drug-likeness (QED) is 0.555. The average Bonchev–Trinajstić information content (AvgIpc) is 2.83. The SMILES string of the molecule is CCNC(=NCc1ccc(N2CCOC(C)C2)nc1)N1CCN(Cc2ccccc2)CC1. The molecule has 0 bridgehead atoms. The molecule has 2 saturated heterocycles. The summed E-state index contributed by atoms with van der Waals surface area (Å²) >= 11 is 0. The third kappa shape index (κ3) is 6.20. The maximum atomic E-state index is 5.63. The fraction of sp³-hybridized carbons (Fsp3) is 0.520. The van der Waals surface area contributed by atoms with Crippen LogP contribution in [-0.2, 0) is 17.8 Å². The van der Waals surface area contributed by atoms with Crippen molar-refractivity contribution >= 4 is 11.8 Å². The van der Waals surface area contributed by atoms with Crippen molar-refractivity contribution < 1.29 is 4.74 Å². The van der Waals surface area contributed by atoms with Crippen LogP contribution < -0.4 is 10.2 Å². The number of benzene rings is 1. The highest BCUT2D eigenvalue weighted by molar-refractivity contribution is 5.80. The second-order valence-electron chi connectivity index (χ2n) is 8.57. The van der Waals surface area contributed by atoms with Crippen LogP contribution in [0.5, 0.6) is 0 Å². The van der Waals surface area contributed by atoms with Crippen molar-refractivity contribution in [1.82, 2.24) is 20.1 Å². The van der Waals surface area contributed by atoms with Gasteiger partial charge in [-0.05, 0) is 31.0 Å². The first-order chi connectivity index (χ1) is 15.7. The van der Waals surface area contributed by atoms with Crippen molar-refractivity contribution in [1.29, 1.82) is 0 Å². The van der Waals surface area contributed by atoms with Gasteiger partial charge in [-0.3, -0.25) is 4.90 Å². The minimum absolute atomic E-state index is 0.255. The Balaban J connectivity index is 1.31. The molecule has 0 amide bonds. The highest BCUT2D eigenvalue weighted by atomic mass is 16.5. The smallest absolute Gasteiger partial charge is 0.194 e. The van der Waals surface area contributed by atoms with Crippen molar-refractivity contribution in [3.8, 4) is 0 Å². The van der Waals surface area contributed by atoms with Crippen LogP contribution in [0.25, 0.3) is 0 Å². The first-order valence-corrected chi connectivity index (χ1v) is 11.8. The highest BCUT2D eigenvalue weighted by Gasteiger charge is 2.20. The predicted molar refractivity (Wildman–Crippen MR) is 130 cm³/mol. The lowest BCUT2D eigenvalue weighted by Gasteiger charge is -2.36. The molecule has 1 aromatic heterocycles. The number of ether oxygens (including phenoxy) is 1. The third-order valence-electron chi connectivity index (χ3n) is 6.04. The minimum atomic E-state index is 0.255. The number of rotatable bonds is 6. The van der Waals surface area contributed by atoms with Gasteiger partial charge >= 0.3 is 0 Å². The third-order valence-corrected chi connectivity index (χ3v) is 6.04. The lowest BCUT2D eigenvalue weighted by molar-refractivity contribution is 0.0529. The number of hydrogen-bond donors (Lipinski definition) is 1. The van der Waals surface area contributed by atoms with E-state index in [1.54, 1.807) is 0 Å². The van der Waals surface area contributed by atoms with E-state index in [1.165, 1.54) is 5.56 Å². The summed E-state index contributed by atoms with van der Waals surface area (Å²) in [6, 6.07) is 15.0. The summed E-state index contributed by atoms with van der Waals surface area (Å²) in [6.45, 7) is 13.4. The molecule has 2 aromatic rings. The van der Waals surface area contributed by atoms with Crippen molar-refractivity contribution in [2.45, 2.75) is 33.0 Å². The van der Waals surface area contributed by atoms with Gasteiger partial charge < -0.3 is 19.9 Å². The Morgan fingerprint density at radius 3 is 2.56 bits per heavy atom. The summed E-state index contributed by atoms with van der Waals surface area (Å²) in [4.78, 5) is 16.8. The number of morpholine rings is 1. The Kier molecular flexibility index (Phi) is 7.96. The van der Waals surface area contributed by atoms with E-state index in [-0.39, 0.29) is 6.10 Å². The monoisotopic (exact) mass is 436 g/mol. The Morgan fingerprint density at radius 2 is 1.88 bits per heavy atom. The Bertz CT molecular complexity index is 848. The summed E-state index contributed by atoms with van der Waals surface area (Å²) in [5.74, 6) is 2.02. The molecule has 7 heteroatoms. The maximum Gasteiger partial charge on any atom is 0.194 e. The second kappa shape index (κ2) is 11.3. The number of pyridine rings is 1. The molecule has 4 rings (SSSR count). The first kappa shape index (κ1) is 22.6. The zero-order valence-electron chi connectivity index (χ0n) is 19.4. The molecule has 2 aliphatic rings. The molecule has 2 aliphatic heterocycles. The fourth-order valence-corrected chi connectivity index (χ4v) is 4.28. The standard InChI is InChI=1S/C25H36N6O/c1-3-26-25(30-13-11-29(12-14-30)20-22-7-5-4-6-8-22)28-18-23-9-10-24(27-17-23)31-15-16-32-21(2)19-31/h4-10,17,21H,3,11-16,18-20H2,1-2H3,(H,26,28). The molecule has 0 aliphatic carbocycles. The van der Waals surface area contributed by atoms with Crippen molar-refractivity contribution in [3.63, 3.8) is 0 Å². The molecule has 3 heterocycles. The number of anilines is 1. The Hall–Kier alpha value is -2.64. The minimum Gasteiger partial charge on any atom is -0.375 e. The van der Waals surface area contributed by atoms with Crippen LogP contribution in [-0.4, -0.2) is 79.3 Å². The van der Waals surface area contributed by atoms with Gasteiger partial charge in [-0.15, -0.1) is 0 Å². The van der Waals surface area contributed by atoms with E-state index < -0.39 is 0 Å². The molecular weight excluding hydrogens is 400 g/mol. The topological polar surface area (TPSA) is 56.2 Å². The maximum absolute atomic E-state index is 5.63. The molecule has 1 atom stereocenters. The first-order valence-electron chi connectivity index (χ1n) is 11.8. The number of guanidine groups is 1. The van der Waals surface area contributed by atoms with Crippen LogP contribution in [0.15, 0.2) is 53.7 Å². The van der Waals surface area contributed by atoms with Gasteiger partial charge in [0, 0.05) is 58.6 Å². The van der Waals surface area contributed by atoms with Crippen molar-refractivity contribution in [3.05, 3.63) is 59.8 Å². The predicted octanol–water partition coefficient (Wildman–Crippen LogP) is 2.59. The van der Waals surface area contributed by atoms with Gasteiger partial charge in [0.2, 0.25) is 0 Å². The van der Waals surface area contributed by atoms with Gasteiger partial charge in [-0.25, -0.2) is 9.98 Å². The second-order valence-corrected chi connectivity index (χ2v) is 8.57. The van der Waals surface area contributed by atoms with Crippen LogP contribution in [0.3, 0.4) is 0 Å². The number of hydrogen-bond acceptors (Lipinski definition) is 5. The number of nitrogens with one attached hydrogen (secondary N) is 1. The zero-order valence-corrected chi connectivity index (χ0v) is 19.4. The van der Waals surface area contributed by atoms with E-state index in [0.29, 0.717) is 6.54 Å². The van der Waals surface area contributed by atoms with E-state index in [9.17, 15) is 0 Å². The van der Waals surface area contributed by atoms with Crippen LogP contribution in [0.4, 0.5) is 5.82 Å². The van der Waals surface area contributed by atoms with E-state index in [1.807, 2.05) is 6.20 Å². The van der Waals surface area contributed by atoms with Gasteiger partial charge in [0.15, 0.2) is 5.96 Å². The summed E-state index contributed by atoms with van der Waals surface area (Å²) in [7, 11) is 0. The number of aliphatic imine (C=N–C) groups is 1. The van der Waals surface area contributed by atoms with Gasteiger partial charge in [0.25, 0.3) is 0 Å². The van der Waals surface area contributed by atoms with E-state index in [0.717, 1.165) is 76.3 Å². The normalized spacial score (nSPS) is 20.4. The van der Waals surface area contributed by atoms with Gasteiger partial charge in [0.1, 0.15) is 5.82 Å². The summed E-state index contributed by atoms with van der Waals surface area (Å²) in [6.07, 6.45) is 2.21. The molecule has 0 radical (unpaired) electrons. The number of nitrogens with zero attached hydrogens (tertiary/aromatic N) is 5. The van der Waals surface area contributed by atoms with Crippen LogP contribution in [0, 0.1) is 0 Å². The lowest BCUT2D eigenvalue weighted by Crippen LogP contribution is -2.52. The largest absolute Gasteiger partial charge is 0.375 e. The van der Waals surface area contributed by atoms with Crippen LogP contribution in [0.2, 0.25) is 0 Å². The molecule has 0 spiro atoms. The van der Waals surface area contributed by atoms with E-state index >= 15 is 0 Å². The molecule has 2 fully saturated rings. The van der Waals surface area contributed by atoms with Gasteiger partial charge in [-0.1, -0.05) is 36.4 Å². The van der Waals surface area contributed by atoms with Gasteiger partial charge in [-0.2, -0.15) is 0 Å². The highest BCUT2D eigenvalue weighted by Crippen LogP contribution is 2.16. The molecule has 32 heavy (non-hydrogen) atoms. The zero-order chi connectivity index (χ0) is 22.2. The summed E-state index contributed by atoms with van der Waals surface area (Å²) < 4.78 is 5.63. The van der Waals surface area contributed by atoms with Crippen LogP contribution in [0.1, 0.15) is 25.0 Å². The Morgan fingerprint density at radius 1 is 1.06 bits per heavy atom. The van der Waals surface area contributed by atoms with E-state index in [4.69, 9.17) is 9.73 Å². The lowest BCUT2D eigenvalue weighted by atomic mass is 10.2. The van der Waals surface area contributed by atoms with Crippen LogP contribution >= 0.6 is 0 Å². The number of aromatic nitrogens is 1. The summed E-state index contributed by atoms with van der Waals surface area (Å²) in [5, 5.41) is 3.47. The fourth-order valence-electron chi connectivity index (χ4n) is 4.28. The molecule has 7 nitrogen and oxygen atoms in total. The molecule has 0 saturated carbocycles. The number of piperazine rings is 1. The molecule has 1 N–H and O–H groups in total. The molecule has 172 valence electrons. The molecule has 1 unspecified atom stereocenters. The van der Waals surface area contributed by atoms with E-state index in [2.05, 4.69) is 81.3 Å². The molecule has 1 aromatic carbocycles. The van der Waals surface area contributed by atoms with Crippen molar-refractivity contribution in [2.24, 2.45) is 4.99 Å². The Labute approximate surface area is 192 Å².